The van der Waals surface area contributed by atoms with E-state index in [2.05, 4.69) is 42.9 Å². The van der Waals surface area contributed by atoms with E-state index < -0.39 is 8.07 Å². The Balaban J connectivity index is 2.46. The topological polar surface area (TPSA) is 35.5 Å². The SMILES string of the molecule is COC(=O)c1ccc(C#C[Si](C)(C)C)c(C#Cc2ccc(OC)cc2)c1. The second kappa shape index (κ2) is 8.42. The fraction of sp³-hybridized carbons (Fsp3) is 0.227. The molecule has 2 aromatic rings. The first-order valence-corrected chi connectivity index (χ1v) is 11.7. The highest BCUT2D eigenvalue weighted by Gasteiger charge is 2.10. The van der Waals surface area contributed by atoms with E-state index in [-0.39, 0.29) is 5.97 Å². The molecule has 4 heteroatoms. The van der Waals surface area contributed by atoms with Crippen LogP contribution >= 0.6 is 0 Å². The number of methoxy groups -OCH3 is 2. The van der Waals surface area contributed by atoms with Crippen LogP contribution in [0.3, 0.4) is 0 Å². The molecular weight excluding hydrogens is 340 g/mol. The first-order chi connectivity index (χ1) is 12.3. The molecule has 0 aliphatic rings. The molecule has 0 bridgehead atoms. The van der Waals surface area contributed by atoms with Crippen LogP contribution in [0.15, 0.2) is 42.5 Å². The summed E-state index contributed by atoms with van der Waals surface area (Å²) in [5.41, 5.74) is 6.20. The smallest absolute Gasteiger partial charge is 0.337 e. The number of hydrogen-bond donors (Lipinski definition) is 0. The van der Waals surface area contributed by atoms with Gasteiger partial charge in [-0.3, -0.25) is 0 Å². The Bertz CT molecular complexity index is 914. The zero-order chi connectivity index (χ0) is 19.2. The monoisotopic (exact) mass is 362 g/mol. The molecule has 0 atom stereocenters. The van der Waals surface area contributed by atoms with Crippen LogP contribution in [0.25, 0.3) is 0 Å². The lowest BCUT2D eigenvalue weighted by Gasteiger charge is -2.05. The van der Waals surface area contributed by atoms with E-state index in [1.54, 1.807) is 19.2 Å². The molecule has 26 heavy (non-hydrogen) atoms. The lowest BCUT2D eigenvalue weighted by atomic mass is 10.0. The van der Waals surface area contributed by atoms with E-state index in [0.29, 0.717) is 5.56 Å². The molecule has 0 saturated heterocycles. The Morgan fingerprint density at radius 1 is 0.885 bits per heavy atom. The van der Waals surface area contributed by atoms with Gasteiger partial charge in [0.25, 0.3) is 0 Å². The maximum Gasteiger partial charge on any atom is 0.337 e. The molecule has 0 saturated carbocycles. The molecule has 0 amide bonds. The summed E-state index contributed by atoms with van der Waals surface area (Å²) < 4.78 is 9.96. The molecule has 0 aromatic heterocycles. The Labute approximate surface area is 156 Å². The highest BCUT2D eigenvalue weighted by Crippen LogP contribution is 2.14. The van der Waals surface area contributed by atoms with Crippen molar-refractivity contribution in [3.63, 3.8) is 0 Å². The number of hydrogen-bond acceptors (Lipinski definition) is 3. The summed E-state index contributed by atoms with van der Waals surface area (Å²) in [6.45, 7) is 6.56. The predicted molar refractivity (Wildman–Crippen MR) is 107 cm³/mol. The highest BCUT2D eigenvalue weighted by atomic mass is 28.3. The van der Waals surface area contributed by atoms with Gasteiger partial charge in [-0.25, -0.2) is 4.79 Å². The molecule has 0 fully saturated rings. The summed E-state index contributed by atoms with van der Waals surface area (Å²) in [6.07, 6.45) is 0. The van der Waals surface area contributed by atoms with Crippen molar-refractivity contribution in [3.8, 4) is 29.1 Å². The average molecular weight is 363 g/mol. The standard InChI is InChI=1S/C22H22O3Si/c1-24-21-12-7-17(8-13-21)6-9-19-16-20(22(23)25-2)11-10-18(19)14-15-26(3,4)5/h7-8,10-13,16H,1-5H3. The molecule has 0 heterocycles. The summed E-state index contributed by atoms with van der Waals surface area (Å²) >= 11 is 0. The quantitative estimate of drug-likeness (QED) is 0.458. The summed E-state index contributed by atoms with van der Waals surface area (Å²) in [5, 5.41) is 0. The fourth-order valence-corrected chi connectivity index (χ4v) is 2.58. The molecule has 2 aromatic carbocycles. The second-order valence-electron chi connectivity index (χ2n) is 6.73. The minimum atomic E-state index is -1.52. The normalized spacial score (nSPS) is 10.0. The Morgan fingerprint density at radius 3 is 2.15 bits per heavy atom. The Kier molecular flexibility index (Phi) is 6.28. The molecule has 0 aliphatic heterocycles. The van der Waals surface area contributed by atoms with Gasteiger partial charge in [-0.05, 0) is 42.5 Å². The third-order valence-electron chi connectivity index (χ3n) is 3.44. The number of carbonyl (C=O) groups is 1. The zero-order valence-corrected chi connectivity index (χ0v) is 16.8. The van der Waals surface area contributed by atoms with Gasteiger partial charge >= 0.3 is 5.97 Å². The van der Waals surface area contributed by atoms with Gasteiger partial charge in [-0.1, -0.05) is 37.4 Å². The summed E-state index contributed by atoms with van der Waals surface area (Å²) in [7, 11) is 1.48. The van der Waals surface area contributed by atoms with Crippen LogP contribution in [0.4, 0.5) is 0 Å². The van der Waals surface area contributed by atoms with Crippen LogP contribution in [0, 0.1) is 23.3 Å². The molecular formula is C22H22O3Si. The van der Waals surface area contributed by atoms with Crippen molar-refractivity contribution in [1.82, 2.24) is 0 Å². The Hall–Kier alpha value is -2.95. The summed E-state index contributed by atoms with van der Waals surface area (Å²) in [5.74, 6) is 9.88. The van der Waals surface area contributed by atoms with Crippen molar-refractivity contribution in [3.05, 3.63) is 64.7 Å². The van der Waals surface area contributed by atoms with E-state index in [0.717, 1.165) is 22.4 Å². The van der Waals surface area contributed by atoms with Crippen LogP contribution in [0.2, 0.25) is 19.6 Å². The van der Waals surface area contributed by atoms with Crippen molar-refractivity contribution < 1.29 is 14.3 Å². The largest absolute Gasteiger partial charge is 0.497 e. The second-order valence-corrected chi connectivity index (χ2v) is 11.5. The van der Waals surface area contributed by atoms with Crippen LogP contribution in [-0.2, 0) is 4.74 Å². The number of benzene rings is 2. The third-order valence-corrected chi connectivity index (χ3v) is 4.32. The van der Waals surface area contributed by atoms with Gasteiger partial charge in [0.2, 0.25) is 0 Å². The maximum absolute atomic E-state index is 11.8. The first kappa shape index (κ1) is 19.4. The van der Waals surface area contributed by atoms with Gasteiger partial charge in [0.05, 0.1) is 19.8 Å². The van der Waals surface area contributed by atoms with Crippen molar-refractivity contribution >= 4 is 14.0 Å². The molecule has 0 radical (unpaired) electrons. The number of rotatable bonds is 2. The van der Waals surface area contributed by atoms with Gasteiger partial charge in [0.15, 0.2) is 0 Å². The molecule has 0 N–H and O–H groups in total. The van der Waals surface area contributed by atoms with E-state index in [1.165, 1.54) is 7.11 Å². The van der Waals surface area contributed by atoms with Crippen molar-refractivity contribution in [2.75, 3.05) is 14.2 Å². The zero-order valence-electron chi connectivity index (χ0n) is 15.8. The molecule has 132 valence electrons. The van der Waals surface area contributed by atoms with E-state index in [1.807, 2.05) is 30.3 Å². The minimum absolute atomic E-state index is 0.387. The van der Waals surface area contributed by atoms with Crippen molar-refractivity contribution in [2.24, 2.45) is 0 Å². The van der Waals surface area contributed by atoms with E-state index in [4.69, 9.17) is 9.47 Å². The number of carbonyl (C=O) groups excluding carboxylic acids is 1. The van der Waals surface area contributed by atoms with E-state index >= 15 is 0 Å². The van der Waals surface area contributed by atoms with Gasteiger partial charge < -0.3 is 9.47 Å². The molecule has 0 unspecified atom stereocenters. The molecule has 3 nitrogen and oxygen atoms in total. The summed E-state index contributed by atoms with van der Waals surface area (Å²) in [4.78, 5) is 11.8. The van der Waals surface area contributed by atoms with Crippen LogP contribution in [-0.4, -0.2) is 28.3 Å². The van der Waals surface area contributed by atoms with Crippen LogP contribution < -0.4 is 4.74 Å². The number of esters is 1. The van der Waals surface area contributed by atoms with Gasteiger partial charge in [-0.15, -0.1) is 5.54 Å². The lowest BCUT2D eigenvalue weighted by molar-refractivity contribution is 0.0600. The first-order valence-electron chi connectivity index (χ1n) is 8.24. The third kappa shape index (κ3) is 5.55. The number of ether oxygens (including phenoxy) is 2. The van der Waals surface area contributed by atoms with Crippen molar-refractivity contribution in [1.29, 1.82) is 0 Å². The van der Waals surface area contributed by atoms with Gasteiger partial charge in [-0.2, -0.15) is 0 Å². The lowest BCUT2D eigenvalue weighted by Crippen LogP contribution is -2.16. The highest BCUT2D eigenvalue weighted by molar-refractivity contribution is 6.83. The van der Waals surface area contributed by atoms with Crippen LogP contribution in [0.5, 0.6) is 5.75 Å². The minimum Gasteiger partial charge on any atom is -0.497 e. The van der Waals surface area contributed by atoms with Crippen LogP contribution in [0.1, 0.15) is 27.0 Å². The predicted octanol–water partition coefficient (Wildman–Crippen LogP) is 4.11. The summed E-state index contributed by atoms with van der Waals surface area (Å²) in [6, 6.07) is 12.8. The van der Waals surface area contributed by atoms with Gasteiger partial charge in [0.1, 0.15) is 13.8 Å². The fourth-order valence-electron chi connectivity index (χ4n) is 2.07. The van der Waals surface area contributed by atoms with Crippen molar-refractivity contribution in [2.45, 2.75) is 19.6 Å². The molecule has 0 spiro atoms. The Morgan fingerprint density at radius 2 is 1.58 bits per heavy atom. The molecule has 2 rings (SSSR count). The van der Waals surface area contributed by atoms with E-state index in [9.17, 15) is 4.79 Å². The average Bonchev–Trinajstić information content (AvgIpc) is 2.64. The van der Waals surface area contributed by atoms with Gasteiger partial charge in [0, 0.05) is 16.7 Å². The maximum atomic E-state index is 11.8. The molecule has 0 aliphatic carbocycles.